The second-order valence-electron chi connectivity index (χ2n) is 8.06. The molecule has 192 valence electrons. The van der Waals surface area contributed by atoms with E-state index in [1.165, 1.54) is 24.3 Å². The lowest BCUT2D eigenvalue weighted by atomic mass is 10.1. The number of benzene rings is 5. The molecule has 0 aliphatic rings. The van der Waals surface area contributed by atoms with Crippen molar-refractivity contribution in [3.05, 3.63) is 114 Å². The summed E-state index contributed by atoms with van der Waals surface area (Å²) < 4.78 is 0. The molecule has 5 rings (SSSR count). The summed E-state index contributed by atoms with van der Waals surface area (Å²) in [7, 11) is 0. The summed E-state index contributed by atoms with van der Waals surface area (Å²) in [6.07, 6.45) is 0. The van der Waals surface area contributed by atoms with Crippen molar-refractivity contribution in [3.63, 3.8) is 0 Å². The van der Waals surface area contributed by atoms with E-state index in [0.717, 1.165) is 16.3 Å². The van der Waals surface area contributed by atoms with Crippen molar-refractivity contribution in [2.24, 2.45) is 0 Å². The van der Waals surface area contributed by atoms with E-state index in [1.54, 1.807) is 49.4 Å². The van der Waals surface area contributed by atoms with Crippen LogP contribution in [0.5, 0.6) is 28.7 Å². The summed E-state index contributed by atoms with van der Waals surface area (Å²) in [5, 5.41) is 47.0. The molecule has 0 amide bonds. The summed E-state index contributed by atoms with van der Waals surface area (Å²) in [4.78, 5) is 0. The molecule has 0 unspecified atom stereocenters. The van der Waals surface area contributed by atoms with Gasteiger partial charge < -0.3 is 37.0 Å². The lowest BCUT2D eigenvalue weighted by molar-refractivity contribution is 0.443. The van der Waals surface area contributed by atoms with Gasteiger partial charge in [-0.1, -0.05) is 54.6 Å². The summed E-state index contributed by atoms with van der Waals surface area (Å²) in [5.74, 6) is 1.09. The number of phenols is 5. The van der Waals surface area contributed by atoms with E-state index < -0.39 is 0 Å². The van der Waals surface area contributed by atoms with Gasteiger partial charge >= 0.3 is 0 Å². The summed E-state index contributed by atoms with van der Waals surface area (Å²) in [6.45, 7) is 3.49. The molecule has 9 N–H and O–H groups in total. The lowest BCUT2D eigenvalue weighted by Gasteiger charge is -1.98. The van der Waals surface area contributed by atoms with Crippen LogP contribution in [0.15, 0.2) is 103 Å². The molecule has 0 spiro atoms. The van der Waals surface area contributed by atoms with Gasteiger partial charge in [-0.05, 0) is 61.2 Å². The molecular formula is C30H32N2O5. The predicted octanol–water partition coefficient (Wildman–Crippen LogP) is 6.21. The van der Waals surface area contributed by atoms with E-state index in [0.29, 0.717) is 22.7 Å². The first-order chi connectivity index (χ1) is 17.6. The van der Waals surface area contributed by atoms with Crippen LogP contribution in [-0.4, -0.2) is 25.5 Å². The molecule has 5 aromatic carbocycles. The Kier molecular flexibility index (Phi) is 10.5. The minimum atomic E-state index is 0.134. The second-order valence-corrected chi connectivity index (χ2v) is 8.06. The summed E-state index contributed by atoms with van der Waals surface area (Å²) >= 11 is 0. The van der Waals surface area contributed by atoms with E-state index >= 15 is 0 Å². The third-order valence-electron chi connectivity index (χ3n) is 5.15. The Morgan fingerprint density at radius 2 is 1.03 bits per heavy atom. The smallest absolute Gasteiger partial charge is 0.123 e. The van der Waals surface area contributed by atoms with Crippen LogP contribution < -0.4 is 11.5 Å². The molecule has 0 radical (unpaired) electrons. The monoisotopic (exact) mass is 500 g/mol. The van der Waals surface area contributed by atoms with Crippen molar-refractivity contribution in [2.45, 2.75) is 13.8 Å². The van der Waals surface area contributed by atoms with E-state index in [4.69, 9.17) is 31.9 Å². The Morgan fingerprint density at radius 1 is 0.486 bits per heavy atom. The molecule has 37 heavy (non-hydrogen) atoms. The second kappa shape index (κ2) is 13.7. The maximum Gasteiger partial charge on any atom is 0.123 e. The van der Waals surface area contributed by atoms with Crippen LogP contribution in [0.2, 0.25) is 0 Å². The molecule has 7 nitrogen and oxygen atoms in total. The molecule has 0 saturated carbocycles. The normalized spacial score (nSPS) is 9.57. The zero-order chi connectivity index (χ0) is 27.4. The first-order valence-corrected chi connectivity index (χ1v) is 11.3. The predicted molar refractivity (Wildman–Crippen MR) is 150 cm³/mol. The SMILES string of the molecule is Cc1c(O)cccc1O.Cc1ccc(N)cc1O.Nc1cccc(O)c1.Oc1cccc2ccccc12. The Bertz CT molecular complexity index is 1390. The van der Waals surface area contributed by atoms with Crippen molar-refractivity contribution in [1.82, 2.24) is 0 Å². The minimum absolute atomic E-state index is 0.134. The van der Waals surface area contributed by atoms with Gasteiger partial charge in [0.05, 0.1) is 0 Å². The Morgan fingerprint density at radius 3 is 1.54 bits per heavy atom. The van der Waals surface area contributed by atoms with Crippen molar-refractivity contribution in [1.29, 1.82) is 0 Å². The average molecular weight is 501 g/mol. The van der Waals surface area contributed by atoms with Crippen molar-refractivity contribution in [2.75, 3.05) is 11.5 Å². The van der Waals surface area contributed by atoms with Gasteiger partial charge in [0.25, 0.3) is 0 Å². The van der Waals surface area contributed by atoms with E-state index in [2.05, 4.69) is 0 Å². The number of rotatable bonds is 0. The van der Waals surface area contributed by atoms with Gasteiger partial charge in [0.15, 0.2) is 0 Å². The fraction of sp³-hybridized carbons (Fsp3) is 0.0667. The number of anilines is 2. The average Bonchev–Trinajstić information content (AvgIpc) is 2.86. The zero-order valence-electron chi connectivity index (χ0n) is 20.7. The number of fused-ring (bicyclic) bond motifs is 1. The van der Waals surface area contributed by atoms with Crippen LogP contribution in [0.25, 0.3) is 10.8 Å². The molecule has 5 aromatic rings. The number of nitrogen functional groups attached to an aromatic ring is 2. The number of aryl methyl sites for hydroxylation is 1. The molecule has 0 heterocycles. The summed E-state index contributed by atoms with van der Waals surface area (Å²) in [6, 6.07) is 29.5. The highest BCUT2D eigenvalue weighted by Crippen LogP contribution is 2.24. The van der Waals surface area contributed by atoms with Crippen LogP contribution in [0.4, 0.5) is 11.4 Å². The fourth-order valence-corrected chi connectivity index (χ4v) is 2.97. The zero-order valence-corrected chi connectivity index (χ0v) is 20.7. The highest BCUT2D eigenvalue weighted by atomic mass is 16.3. The fourth-order valence-electron chi connectivity index (χ4n) is 2.97. The lowest BCUT2D eigenvalue weighted by Crippen LogP contribution is -1.83. The molecule has 0 aliphatic carbocycles. The molecule has 0 aliphatic heterocycles. The first kappa shape index (κ1) is 28.2. The highest BCUT2D eigenvalue weighted by molar-refractivity contribution is 5.87. The third kappa shape index (κ3) is 9.26. The van der Waals surface area contributed by atoms with Crippen LogP contribution in [-0.2, 0) is 0 Å². The third-order valence-corrected chi connectivity index (χ3v) is 5.15. The van der Waals surface area contributed by atoms with Gasteiger partial charge in [-0.25, -0.2) is 0 Å². The van der Waals surface area contributed by atoms with Gasteiger partial charge in [-0.15, -0.1) is 0 Å². The molecule has 0 aromatic heterocycles. The Balaban J connectivity index is 0.000000175. The number of aromatic hydroxyl groups is 5. The van der Waals surface area contributed by atoms with Crippen molar-refractivity contribution < 1.29 is 25.5 Å². The van der Waals surface area contributed by atoms with Gasteiger partial charge in [-0.3, -0.25) is 0 Å². The standard InChI is InChI=1S/C10H8O.C7H9NO.C7H8O2.C6H7NO/c11-10-7-3-5-8-4-1-2-6-9(8)10;1-5-2-3-6(8)4-7(5)9;1-5-6(8)3-2-4-7(5)9;7-5-2-1-3-6(8)4-5/h1-7,11H;2-4,9H,8H2,1H3;2-4,8-9H,1H3;1-4,8H,7H2. The molecule has 0 bridgehead atoms. The quantitative estimate of drug-likeness (QED) is 0.125. The van der Waals surface area contributed by atoms with Crippen LogP contribution >= 0.6 is 0 Å². The summed E-state index contributed by atoms with van der Waals surface area (Å²) in [5.41, 5.74) is 13.2. The van der Waals surface area contributed by atoms with Crippen molar-refractivity contribution in [3.8, 4) is 28.7 Å². The largest absolute Gasteiger partial charge is 0.508 e. The van der Waals surface area contributed by atoms with E-state index in [-0.39, 0.29) is 23.0 Å². The number of phenolic OH excluding ortho intramolecular Hbond substituents is 5. The maximum atomic E-state index is 9.37. The molecule has 0 fully saturated rings. The Hall–Kier alpha value is -5.04. The van der Waals surface area contributed by atoms with Gasteiger partial charge in [0.1, 0.15) is 28.7 Å². The first-order valence-electron chi connectivity index (χ1n) is 11.3. The molecule has 0 saturated heterocycles. The molecular weight excluding hydrogens is 468 g/mol. The topological polar surface area (TPSA) is 153 Å². The van der Waals surface area contributed by atoms with Crippen LogP contribution in [0, 0.1) is 13.8 Å². The van der Waals surface area contributed by atoms with E-state index in [1.807, 2.05) is 43.3 Å². The van der Waals surface area contributed by atoms with Gasteiger partial charge in [0, 0.05) is 34.5 Å². The molecule has 7 heteroatoms. The van der Waals surface area contributed by atoms with Gasteiger partial charge in [-0.2, -0.15) is 0 Å². The number of nitrogens with two attached hydrogens (primary N) is 2. The maximum absolute atomic E-state index is 9.37. The van der Waals surface area contributed by atoms with Crippen LogP contribution in [0.1, 0.15) is 11.1 Å². The number of hydrogen-bond acceptors (Lipinski definition) is 7. The van der Waals surface area contributed by atoms with Crippen LogP contribution in [0.3, 0.4) is 0 Å². The van der Waals surface area contributed by atoms with Crippen molar-refractivity contribution >= 4 is 22.1 Å². The highest BCUT2D eigenvalue weighted by Gasteiger charge is 1.97. The number of hydrogen-bond donors (Lipinski definition) is 7. The Labute approximate surface area is 216 Å². The molecule has 0 atom stereocenters. The minimum Gasteiger partial charge on any atom is -0.508 e. The van der Waals surface area contributed by atoms with E-state index in [9.17, 15) is 5.11 Å². The van der Waals surface area contributed by atoms with Gasteiger partial charge in [0.2, 0.25) is 0 Å².